The molecule has 2 aliphatic rings. The molecule has 1 fully saturated rings. The van der Waals surface area contributed by atoms with Gasteiger partial charge in [0.05, 0.1) is 17.3 Å². The fraction of sp³-hybridized carbons (Fsp3) is 0.250. The van der Waals surface area contributed by atoms with Crippen LogP contribution in [0.3, 0.4) is 0 Å². The number of hydrogen-bond donors (Lipinski definition) is 2. The van der Waals surface area contributed by atoms with E-state index in [9.17, 15) is 4.79 Å². The molecule has 0 radical (unpaired) electrons. The number of benzene rings is 2. The topological polar surface area (TPSA) is 83.2 Å². The number of aromatic amines is 1. The summed E-state index contributed by atoms with van der Waals surface area (Å²) >= 11 is 0. The van der Waals surface area contributed by atoms with Gasteiger partial charge in [-0.05, 0) is 56.7 Å². The number of nitrogens with one attached hydrogen (secondary N) is 2. The van der Waals surface area contributed by atoms with E-state index in [1.54, 1.807) is 6.20 Å². The zero-order chi connectivity index (χ0) is 27.2. The van der Waals surface area contributed by atoms with E-state index < -0.39 is 11.1 Å². The summed E-state index contributed by atoms with van der Waals surface area (Å²) in [6.45, 7) is 9.87. The van der Waals surface area contributed by atoms with Crippen molar-refractivity contribution in [3.63, 3.8) is 0 Å². The van der Waals surface area contributed by atoms with Crippen LogP contribution in [0.1, 0.15) is 56.7 Å². The molecule has 39 heavy (non-hydrogen) atoms. The van der Waals surface area contributed by atoms with Gasteiger partial charge in [-0.15, -0.1) is 0 Å². The van der Waals surface area contributed by atoms with Crippen LogP contribution in [0.4, 0.5) is 4.79 Å². The molecule has 196 valence electrons. The van der Waals surface area contributed by atoms with Crippen LogP contribution in [-0.4, -0.2) is 21.9 Å². The van der Waals surface area contributed by atoms with E-state index in [0.717, 1.165) is 69.2 Å². The quantitative estimate of drug-likeness (QED) is 0.376. The second-order valence-electron chi connectivity index (χ2n) is 11.3. The lowest BCUT2D eigenvalue weighted by Gasteiger charge is -2.43. The van der Waals surface area contributed by atoms with E-state index >= 15 is 0 Å². The number of aromatic nitrogens is 3. The molecule has 0 atom stereocenters. The van der Waals surface area contributed by atoms with Gasteiger partial charge in [0.2, 0.25) is 5.70 Å². The van der Waals surface area contributed by atoms with Crippen molar-refractivity contribution < 1.29 is 14.1 Å². The fourth-order valence-electron chi connectivity index (χ4n) is 5.35. The number of fused-ring (bicyclic) bond motifs is 1. The van der Waals surface area contributed by atoms with Crippen molar-refractivity contribution in [2.45, 2.75) is 51.2 Å². The molecule has 7 heteroatoms. The van der Waals surface area contributed by atoms with Crippen molar-refractivity contribution in [2.75, 3.05) is 0 Å². The average Bonchev–Trinajstić information content (AvgIpc) is 3.54. The van der Waals surface area contributed by atoms with Gasteiger partial charge in [0.15, 0.2) is 5.70 Å². The first-order valence-corrected chi connectivity index (χ1v) is 13.3. The molecule has 0 unspecified atom stereocenters. The maximum Gasteiger partial charge on any atom is 0.408 e. The van der Waals surface area contributed by atoms with E-state index in [2.05, 4.69) is 63.1 Å². The van der Waals surface area contributed by atoms with Crippen LogP contribution in [0.25, 0.3) is 29.1 Å². The number of rotatable bonds is 5. The van der Waals surface area contributed by atoms with Gasteiger partial charge in [-0.3, -0.25) is 5.10 Å². The number of H-pyrrole nitrogens is 1. The number of carbonyl (C=O) groups excluding carboxylic acids is 1. The van der Waals surface area contributed by atoms with Crippen LogP contribution >= 0.6 is 0 Å². The highest BCUT2D eigenvalue weighted by Gasteiger charge is 2.41. The SMILES string of the molecule is C=c1cc(-c2cn[nH]c2)c2[n+](c1)C(c1ccccc1)=C(c1ccc(C3(NC(=O)OC(C)(C)C)CCC3)cc1)N=2. The average molecular weight is 519 g/mol. The molecular formula is C32H32N5O2+. The van der Waals surface area contributed by atoms with Crippen molar-refractivity contribution in [3.05, 3.63) is 107 Å². The summed E-state index contributed by atoms with van der Waals surface area (Å²) in [5.41, 5.74) is 6.83. The first-order valence-electron chi connectivity index (χ1n) is 13.3. The van der Waals surface area contributed by atoms with Crippen LogP contribution in [-0.2, 0) is 10.3 Å². The van der Waals surface area contributed by atoms with E-state index in [0.29, 0.717) is 0 Å². The molecule has 3 heterocycles. The second-order valence-corrected chi connectivity index (χ2v) is 11.3. The Labute approximate surface area is 227 Å². The molecule has 2 aromatic heterocycles. The Morgan fingerprint density at radius 3 is 2.41 bits per heavy atom. The molecule has 0 spiro atoms. The lowest BCUT2D eigenvalue weighted by molar-refractivity contribution is -0.592. The summed E-state index contributed by atoms with van der Waals surface area (Å²) in [6, 6.07) is 20.7. The van der Waals surface area contributed by atoms with Crippen LogP contribution in [0.5, 0.6) is 0 Å². The third-order valence-electron chi connectivity index (χ3n) is 7.29. The summed E-state index contributed by atoms with van der Waals surface area (Å²) in [6.07, 6.45) is 8.15. The van der Waals surface area contributed by atoms with Crippen LogP contribution in [0, 0.1) is 0 Å². The van der Waals surface area contributed by atoms with E-state index in [1.807, 2.05) is 57.4 Å². The number of nitrogens with zero attached hydrogens (tertiary/aromatic N) is 3. The summed E-state index contributed by atoms with van der Waals surface area (Å²) in [4.78, 5) is 17.8. The molecule has 4 aromatic rings. The van der Waals surface area contributed by atoms with Crippen molar-refractivity contribution in [2.24, 2.45) is 4.99 Å². The number of carbonyl (C=O) groups is 1. The molecule has 2 N–H and O–H groups in total. The molecule has 0 saturated heterocycles. The summed E-state index contributed by atoms with van der Waals surface area (Å²) in [7, 11) is 0. The highest BCUT2D eigenvalue weighted by molar-refractivity contribution is 5.87. The number of amides is 1. The van der Waals surface area contributed by atoms with Crippen LogP contribution < -0.4 is 20.6 Å². The maximum absolute atomic E-state index is 12.6. The van der Waals surface area contributed by atoms with Gasteiger partial charge in [0.1, 0.15) is 11.8 Å². The fourth-order valence-corrected chi connectivity index (χ4v) is 5.35. The normalized spacial score (nSPS) is 15.8. The smallest absolute Gasteiger partial charge is 0.408 e. The lowest BCUT2D eigenvalue weighted by atomic mass is 9.71. The van der Waals surface area contributed by atoms with Crippen LogP contribution in [0.15, 0.2) is 84.2 Å². The molecule has 1 aliphatic carbocycles. The Morgan fingerprint density at radius 2 is 1.79 bits per heavy atom. The van der Waals surface area contributed by atoms with E-state index in [-0.39, 0.29) is 6.09 Å². The van der Waals surface area contributed by atoms with E-state index in [1.165, 1.54) is 0 Å². The summed E-state index contributed by atoms with van der Waals surface area (Å²) in [5, 5.41) is 11.1. The number of pyridine rings is 1. The highest BCUT2D eigenvalue weighted by atomic mass is 16.6. The van der Waals surface area contributed by atoms with Gasteiger partial charge < -0.3 is 10.1 Å². The molecule has 7 nitrogen and oxygen atoms in total. The molecule has 1 aliphatic heterocycles. The van der Waals surface area contributed by atoms with Gasteiger partial charge in [0, 0.05) is 28.1 Å². The zero-order valence-electron chi connectivity index (χ0n) is 22.5. The third-order valence-corrected chi connectivity index (χ3v) is 7.29. The predicted octanol–water partition coefficient (Wildman–Crippen LogP) is 4.69. The molecule has 0 bridgehead atoms. The lowest BCUT2D eigenvalue weighted by Crippen LogP contribution is -2.52. The number of hydrogen-bond acceptors (Lipinski definition) is 4. The predicted molar refractivity (Wildman–Crippen MR) is 151 cm³/mol. The molecule has 1 amide bonds. The molecule has 2 aromatic carbocycles. The summed E-state index contributed by atoms with van der Waals surface area (Å²) in [5.74, 6) is 0. The highest BCUT2D eigenvalue weighted by Crippen LogP contribution is 2.42. The van der Waals surface area contributed by atoms with Gasteiger partial charge in [-0.1, -0.05) is 61.2 Å². The minimum absolute atomic E-state index is 0.381. The number of alkyl carbamates (subject to hydrolysis) is 1. The minimum atomic E-state index is -0.543. The third kappa shape index (κ3) is 4.65. The number of ether oxygens (including phenoxy) is 1. The summed E-state index contributed by atoms with van der Waals surface area (Å²) < 4.78 is 7.68. The Balaban J connectivity index is 1.43. The largest absolute Gasteiger partial charge is 0.444 e. The Hall–Kier alpha value is -4.52. The maximum atomic E-state index is 12.6. The van der Waals surface area contributed by atoms with Gasteiger partial charge in [0.25, 0.3) is 0 Å². The first-order chi connectivity index (χ1) is 18.7. The Kier molecular flexibility index (Phi) is 5.94. The standard InChI is InChI=1S/C32H31N5O2/c1-21-17-26(24-18-33-34-19-24)29-35-27(28(37(29)20-21)23-9-6-5-7-10-23)22-11-13-25(14-12-22)32(15-8-16-32)36-30(38)39-31(2,3)4/h5-7,9-14,17-20H,1,8,15-16H2,2-4H3,(H-,33,34,36,38)/p+1. The van der Waals surface area contributed by atoms with Gasteiger partial charge in [-0.25, -0.2) is 4.79 Å². The molecule has 6 rings (SSSR count). The zero-order valence-corrected chi connectivity index (χ0v) is 22.5. The monoisotopic (exact) mass is 518 g/mol. The minimum Gasteiger partial charge on any atom is -0.444 e. The van der Waals surface area contributed by atoms with Crippen molar-refractivity contribution in [1.29, 1.82) is 0 Å². The first kappa shape index (κ1) is 24.8. The van der Waals surface area contributed by atoms with E-state index in [4.69, 9.17) is 9.73 Å². The molecular weight excluding hydrogens is 486 g/mol. The molecule has 1 saturated carbocycles. The van der Waals surface area contributed by atoms with Crippen molar-refractivity contribution >= 4 is 24.1 Å². The Morgan fingerprint density at radius 1 is 1.05 bits per heavy atom. The Bertz CT molecular complexity index is 1680. The van der Waals surface area contributed by atoms with Gasteiger partial charge >= 0.3 is 11.6 Å². The van der Waals surface area contributed by atoms with Crippen molar-refractivity contribution in [1.82, 2.24) is 15.5 Å². The van der Waals surface area contributed by atoms with Gasteiger partial charge in [-0.2, -0.15) is 9.67 Å². The van der Waals surface area contributed by atoms with Crippen molar-refractivity contribution in [3.8, 4) is 11.1 Å². The second kappa shape index (κ2) is 9.34. The van der Waals surface area contributed by atoms with Crippen LogP contribution in [0.2, 0.25) is 0 Å².